The summed E-state index contributed by atoms with van der Waals surface area (Å²) in [5.74, 6) is 1.30. The molecule has 2 amide bonds. The number of fused-ring (bicyclic) bond motifs is 2. The van der Waals surface area contributed by atoms with Gasteiger partial charge >= 0.3 is 0 Å². The molecule has 5 N–H and O–H groups in total. The number of nitrogens with two attached hydrogens (primary N) is 1. The lowest BCUT2D eigenvalue weighted by Crippen LogP contribution is -2.51. The lowest BCUT2D eigenvalue weighted by Gasteiger charge is -2.42. The Morgan fingerprint density at radius 3 is 2.32 bits per heavy atom. The van der Waals surface area contributed by atoms with Crippen LogP contribution in [0.5, 0.6) is 11.5 Å². The minimum atomic E-state index is -1.03. The van der Waals surface area contributed by atoms with Crippen molar-refractivity contribution >= 4 is 23.6 Å². The molecule has 0 saturated carbocycles. The van der Waals surface area contributed by atoms with Gasteiger partial charge in [-0.05, 0) is 66.3 Å². The number of ether oxygens (including phenoxy) is 1. The standard InChI is InChI=1S/C46H58N10O6/c1-29(2)36-20-37(40(58)21-39(36)57)44(60)56-26-31-4-3-30(19-32(31)27-56)25-52-13-8-46(61,9-14-52)22-41(59)53-10-5-34(6-11-53)55-12-7-35-38(28-55)50-42(33-23-48-45(47)49-24-33)51-43(35)54-15-17-62-18-16-54/h3-4,19-21,23-24,29,34,57-58,61H,5-18,22,25-28H2,1-2H3,(H2,47,48,49). The third kappa shape index (κ3) is 8.78. The van der Waals surface area contributed by atoms with E-state index in [2.05, 4.69) is 42.9 Å². The second kappa shape index (κ2) is 17.4. The summed E-state index contributed by atoms with van der Waals surface area (Å²) in [4.78, 5) is 56.4. The second-order valence-electron chi connectivity index (χ2n) is 18.1. The zero-order chi connectivity index (χ0) is 43.1. The number of hydrogen-bond acceptors (Lipinski definition) is 14. The van der Waals surface area contributed by atoms with E-state index in [1.807, 2.05) is 18.7 Å². The second-order valence-corrected chi connectivity index (χ2v) is 18.1. The highest BCUT2D eigenvalue weighted by Gasteiger charge is 2.38. The SMILES string of the molecule is CC(C)c1cc(C(=O)N2Cc3ccc(CN4CCC(O)(CC(=O)N5CCC(N6CCc7c(nc(-c8cnc(N)nc8)nc7N7CCOCC7)C6)CC5)CC4)cc3C2)c(O)cc1O. The first-order valence-electron chi connectivity index (χ1n) is 22.1. The summed E-state index contributed by atoms with van der Waals surface area (Å²) in [6.45, 7) is 12.7. The van der Waals surface area contributed by atoms with Crippen LogP contribution in [0.3, 0.4) is 0 Å². The predicted molar refractivity (Wildman–Crippen MR) is 232 cm³/mol. The van der Waals surface area contributed by atoms with Crippen molar-refractivity contribution in [2.24, 2.45) is 0 Å². The minimum absolute atomic E-state index is 0.00208. The molecule has 328 valence electrons. The van der Waals surface area contributed by atoms with Crippen LogP contribution >= 0.6 is 0 Å². The maximum absolute atomic E-state index is 13.7. The number of nitrogens with zero attached hydrogens (tertiary/aromatic N) is 9. The molecule has 7 heterocycles. The van der Waals surface area contributed by atoms with E-state index in [0.717, 1.165) is 72.7 Å². The molecule has 0 bridgehead atoms. The summed E-state index contributed by atoms with van der Waals surface area (Å²) in [5.41, 5.74) is 11.8. The van der Waals surface area contributed by atoms with Crippen molar-refractivity contribution in [3.8, 4) is 22.9 Å². The minimum Gasteiger partial charge on any atom is -0.508 e. The molecule has 3 saturated heterocycles. The molecule has 4 aromatic rings. The molecule has 2 aromatic heterocycles. The number of phenolic OH excluding ortho intramolecular Hbond substituents is 2. The Kier molecular flexibility index (Phi) is 11.8. The van der Waals surface area contributed by atoms with E-state index in [1.165, 1.54) is 11.6 Å². The van der Waals surface area contributed by atoms with Crippen LogP contribution in [0, 0.1) is 0 Å². The van der Waals surface area contributed by atoms with Crippen LogP contribution in [-0.4, -0.2) is 137 Å². The number of anilines is 2. The Bertz CT molecular complexity index is 2300. The number of piperidine rings is 2. The third-order valence-electron chi connectivity index (χ3n) is 13.6. The van der Waals surface area contributed by atoms with Crippen LogP contribution in [0.2, 0.25) is 0 Å². The van der Waals surface area contributed by atoms with Gasteiger partial charge in [-0.1, -0.05) is 32.0 Å². The van der Waals surface area contributed by atoms with Crippen molar-refractivity contribution in [2.45, 2.75) is 96.1 Å². The molecular weight excluding hydrogens is 789 g/mol. The fourth-order valence-corrected chi connectivity index (χ4v) is 9.89. The van der Waals surface area contributed by atoms with E-state index < -0.39 is 5.60 Å². The highest BCUT2D eigenvalue weighted by atomic mass is 16.5. The first kappa shape index (κ1) is 41.9. The van der Waals surface area contributed by atoms with Gasteiger partial charge in [0.05, 0.1) is 42.1 Å². The monoisotopic (exact) mass is 846 g/mol. The number of phenols is 2. The smallest absolute Gasteiger partial charge is 0.258 e. The molecule has 2 aromatic carbocycles. The number of carbonyl (C=O) groups is 2. The fraction of sp³-hybridized carbons (Fsp3) is 0.522. The summed E-state index contributed by atoms with van der Waals surface area (Å²) >= 11 is 0. The molecule has 0 radical (unpaired) electrons. The van der Waals surface area contributed by atoms with Gasteiger partial charge in [-0.2, -0.15) is 0 Å². The van der Waals surface area contributed by atoms with Crippen LogP contribution < -0.4 is 10.6 Å². The quantitative estimate of drug-likeness (QED) is 0.190. The maximum Gasteiger partial charge on any atom is 0.258 e. The average molecular weight is 847 g/mol. The fourth-order valence-electron chi connectivity index (χ4n) is 9.89. The van der Waals surface area contributed by atoms with Gasteiger partial charge in [0.25, 0.3) is 5.91 Å². The number of hydrogen-bond donors (Lipinski definition) is 4. The van der Waals surface area contributed by atoms with Gasteiger partial charge < -0.3 is 40.5 Å². The Morgan fingerprint density at radius 2 is 1.60 bits per heavy atom. The Hall–Kier alpha value is -5.42. The number of benzene rings is 2. The molecule has 0 aliphatic carbocycles. The van der Waals surface area contributed by atoms with Gasteiger partial charge in [0.1, 0.15) is 17.3 Å². The average Bonchev–Trinajstić information content (AvgIpc) is 3.71. The molecule has 5 aliphatic heterocycles. The summed E-state index contributed by atoms with van der Waals surface area (Å²) in [6, 6.07) is 9.52. The Labute approximate surface area is 362 Å². The number of aromatic hydroxyl groups is 2. The molecule has 62 heavy (non-hydrogen) atoms. The molecule has 3 fully saturated rings. The van der Waals surface area contributed by atoms with Crippen LogP contribution in [0.1, 0.15) is 95.7 Å². The van der Waals surface area contributed by atoms with Gasteiger partial charge in [0.15, 0.2) is 5.82 Å². The third-order valence-corrected chi connectivity index (χ3v) is 13.6. The lowest BCUT2D eigenvalue weighted by molar-refractivity contribution is -0.140. The molecular formula is C46H58N10O6. The van der Waals surface area contributed by atoms with Crippen LogP contribution in [0.25, 0.3) is 11.4 Å². The zero-order valence-electron chi connectivity index (χ0n) is 35.8. The molecule has 0 unspecified atom stereocenters. The van der Waals surface area contributed by atoms with Crippen LogP contribution in [-0.2, 0) is 42.1 Å². The van der Waals surface area contributed by atoms with E-state index in [0.29, 0.717) is 95.8 Å². The number of morpholine rings is 1. The van der Waals surface area contributed by atoms with Crippen molar-refractivity contribution in [1.29, 1.82) is 0 Å². The number of aromatic nitrogens is 4. The normalized spacial score (nSPS) is 19.8. The van der Waals surface area contributed by atoms with Crippen molar-refractivity contribution in [3.63, 3.8) is 0 Å². The largest absolute Gasteiger partial charge is 0.508 e. The van der Waals surface area contributed by atoms with Gasteiger partial charge in [-0.3, -0.25) is 19.4 Å². The number of carbonyl (C=O) groups excluding carboxylic acids is 2. The molecule has 9 rings (SSSR count). The van der Waals surface area contributed by atoms with Crippen molar-refractivity contribution in [1.82, 2.24) is 39.5 Å². The highest BCUT2D eigenvalue weighted by Crippen LogP contribution is 2.36. The molecule has 16 heteroatoms. The van der Waals surface area contributed by atoms with Crippen LogP contribution in [0.15, 0.2) is 42.7 Å². The van der Waals surface area contributed by atoms with E-state index in [1.54, 1.807) is 23.4 Å². The van der Waals surface area contributed by atoms with E-state index in [4.69, 9.17) is 20.4 Å². The molecule has 5 aliphatic rings. The van der Waals surface area contributed by atoms with Crippen molar-refractivity contribution < 1.29 is 29.6 Å². The number of amides is 2. The Balaban J connectivity index is 0.758. The van der Waals surface area contributed by atoms with E-state index in [-0.39, 0.29) is 47.2 Å². The van der Waals surface area contributed by atoms with Gasteiger partial charge in [0.2, 0.25) is 11.9 Å². The molecule has 0 spiro atoms. The van der Waals surface area contributed by atoms with E-state index in [9.17, 15) is 24.9 Å². The number of rotatable bonds is 9. The molecule has 16 nitrogen and oxygen atoms in total. The lowest BCUT2D eigenvalue weighted by atomic mass is 9.87. The first-order chi connectivity index (χ1) is 29.9. The van der Waals surface area contributed by atoms with E-state index >= 15 is 0 Å². The number of nitrogen functional groups attached to an aromatic ring is 1. The Morgan fingerprint density at radius 1 is 0.871 bits per heavy atom. The maximum atomic E-state index is 13.7. The van der Waals surface area contributed by atoms with Crippen molar-refractivity contribution in [2.75, 3.05) is 69.7 Å². The van der Waals surface area contributed by atoms with Crippen LogP contribution in [0.4, 0.5) is 11.8 Å². The topological polar surface area (TPSA) is 198 Å². The molecule has 0 atom stereocenters. The number of aliphatic hydroxyl groups is 1. The summed E-state index contributed by atoms with van der Waals surface area (Å²) in [7, 11) is 0. The first-order valence-corrected chi connectivity index (χ1v) is 22.1. The summed E-state index contributed by atoms with van der Waals surface area (Å²) in [5, 5.41) is 32.4. The van der Waals surface area contributed by atoms with Gasteiger partial charge in [-0.15, -0.1) is 0 Å². The van der Waals surface area contributed by atoms with Gasteiger partial charge in [-0.25, -0.2) is 19.9 Å². The summed E-state index contributed by atoms with van der Waals surface area (Å²) < 4.78 is 5.64. The number of likely N-dealkylation sites (tertiary alicyclic amines) is 2. The zero-order valence-corrected chi connectivity index (χ0v) is 35.8. The predicted octanol–water partition coefficient (Wildman–Crippen LogP) is 3.81. The highest BCUT2D eigenvalue weighted by molar-refractivity contribution is 5.97. The summed E-state index contributed by atoms with van der Waals surface area (Å²) in [6.07, 6.45) is 7.15. The van der Waals surface area contributed by atoms with Gasteiger partial charge in [0, 0.05) is 102 Å². The van der Waals surface area contributed by atoms with Crippen molar-refractivity contribution in [3.05, 3.63) is 81.8 Å².